The number of nitrogens with one attached hydrogen (secondary N) is 1. The summed E-state index contributed by atoms with van der Waals surface area (Å²) in [5, 5.41) is 2.97. The van der Waals surface area contributed by atoms with E-state index in [-0.39, 0.29) is 5.91 Å². The van der Waals surface area contributed by atoms with Crippen LogP contribution in [0.3, 0.4) is 0 Å². The fourth-order valence-electron chi connectivity index (χ4n) is 3.02. The van der Waals surface area contributed by atoms with Crippen molar-refractivity contribution in [2.45, 2.75) is 38.5 Å². The van der Waals surface area contributed by atoms with E-state index in [1.165, 1.54) is 6.42 Å². The second-order valence-corrected chi connectivity index (χ2v) is 6.54. The van der Waals surface area contributed by atoms with Crippen LogP contribution >= 0.6 is 0 Å². The van der Waals surface area contributed by atoms with Crippen LogP contribution in [-0.2, 0) is 17.6 Å². The Morgan fingerprint density at radius 3 is 2.79 bits per heavy atom. The molecule has 0 radical (unpaired) electrons. The molecule has 2 aromatic rings. The largest absolute Gasteiger partial charge is 0.496 e. The first-order valence-corrected chi connectivity index (χ1v) is 8.64. The molecule has 1 fully saturated rings. The number of ether oxygens (including phenoxy) is 1. The highest BCUT2D eigenvalue weighted by molar-refractivity contribution is 5.76. The van der Waals surface area contributed by atoms with Gasteiger partial charge in [0.1, 0.15) is 17.3 Å². The van der Waals surface area contributed by atoms with Crippen molar-refractivity contribution in [3.8, 4) is 5.75 Å². The standard InChI is InChI=1S/C20H25NO3/c1-14-13-17(14)19-9-7-16(24-19)8-10-20(22)21-12-11-15-5-3-4-6-18(15)23-2/h3-7,9,14,17H,8,10-13H2,1-2H3,(H,21,22)/t14-,17+/m1/s1. The zero-order valence-corrected chi connectivity index (χ0v) is 14.4. The quantitative estimate of drug-likeness (QED) is 0.804. The summed E-state index contributed by atoms with van der Waals surface area (Å²) in [5.74, 6) is 4.24. The van der Waals surface area contributed by atoms with Crippen molar-refractivity contribution in [2.75, 3.05) is 13.7 Å². The van der Waals surface area contributed by atoms with Crippen LogP contribution in [0.4, 0.5) is 0 Å². The van der Waals surface area contributed by atoms with Gasteiger partial charge in [-0.1, -0.05) is 25.1 Å². The number of para-hydroxylation sites is 1. The van der Waals surface area contributed by atoms with Gasteiger partial charge in [-0.05, 0) is 42.5 Å². The van der Waals surface area contributed by atoms with Crippen molar-refractivity contribution in [1.29, 1.82) is 0 Å². The SMILES string of the molecule is COc1ccccc1CCNC(=O)CCc1ccc([C@H]2C[C@H]2C)o1. The number of aryl methyl sites for hydroxylation is 1. The Bertz CT molecular complexity index is 692. The van der Waals surface area contributed by atoms with Crippen LogP contribution in [-0.4, -0.2) is 19.6 Å². The highest BCUT2D eigenvalue weighted by atomic mass is 16.5. The smallest absolute Gasteiger partial charge is 0.220 e. The Hall–Kier alpha value is -2.23. The molecule has 1 amide bonds. The molecule has 1 aliphatic carbocycles. The molecule has 1 aromatic heterocycles. The Morgan fingerprint density at radius 1 is 1.25 bits per heavy atom. The number of benzene rings is 1. The molecule has 0 spiro atoms. The number of furan rings is 1. The molecule has 1 aliphatic rings. The molecule has 0 aliphatic heterocycles. The van der Waals surface area contributed by atoms with Gasteiger partial charge in [0.25, 0.3) is 0 Å². The van der Waals surface area contributed by atoms with Gasteiger partial charge in [-0.3, -0.25) is 4.79 Å². The van der Waals surface area contributed by atoms with E-state index >= 15 is 0 Å². The third kappa shape index (κ3) is 4.19. The van der Waals surface area contributed by atoms with Crippen LogP contribution in [0, 0.1) is 5.92 Å². The minimum absolute atomic E-state index is 0.0580. The number of hydrogen-bond acceptors (Lipinski definition) is 3. The van der Waals surface area contributed by atoms with Gasteiger partial charge in [0.15, 0.2) is 0 Å². The van der Waals surface area contributed by atoms with E-state index in [4.69, 9.17) is 9.15 Å². The molecule has 4 nitrogen and oxygen atoms in total. The molecule has 1 saturated carbocycles. The summed E-state index contributed by atoms with van der Waals surface area (Å²) >= 11 is 0. The average Bonchev–Trinajstić information content (AvgIpc) is 3.14. The van der Waals surface area contributed by atoms with Crippen molar-refractivity contribution < 1.29 is 13.9 Å². The maximum absolute atomic E-state index is 12.0. The fourth-order valence-corrected chi connectivity index (χ4v) is 3.02. The lowest BCUT2D eigenvalue weighted by Gasteiger charge is -2.09. The summed E-state index contributed by atoms with van der Waals surface area (Å²) in [5.41, 5.74) is 1.11. The first-order chi connectivity index (χ1) is 11.7. The number of methoxy groups -OCH3 is 1. The van der Waals surface area contributed by atoms with Gasteiger partial charge >= 0.3 is 0 Å². The van der Waals surface area contributed by atoms with E-state index in [9.17, 15) is 4.79 Å². The number of rotatable bonds is 8. The maximum Gasteiger partial charge on any atom is 0.220 e. The van der Waals surface area contributed by atoms with Gasteiger partial charge in [-0.2, -0.15) is 0 Å². The van der Waals surface area contributed by atoms with Gasteiger partial charge in [-0.15, -0.1) is 0 Å². The zero-order valence-electron chi connectivity index (χ0n) is 14.4. The summed E-state index contributed by atoms with van der Waals surface area (Å²) in [7, 11) is 1.66. The van der Waals surface area contributed by atoms with E-state index in [0.29, 0.717) is 25.3 Å². The van der Waals surface area contributed by atoms with Gasteiger partial charge in [-0.25, -0.2) is 0 Å². The third-order valence-electron chi connectivity index (χ3n) is 4.66. The molecule has 4 heteroatoms. The minimum Gasteiger partial charge on any atom is -0.496 e. The predicted octanol–water partition coefficient (Wildman–Crippen LogP) is 3.70. The summed E-state index contributed by atoms with van der Waals surface area (Å²) in [6.07, 6.45) is 3.09. The average molecular weight is 327 g/mol. The molecule has 0 unspecified atom stereocenters. The van der Waals surface area contributed by atoms with E-state index < -0.39 is 0 Å². The summed E-state index contributed by atoms with van der Waals surface area (Å²) in [4.78, 5) is 12.0. The first-order valence-electron chi connectivity index (χ1n) is 8.64. The summed E-state index contributed by atoms with van der Waals surface area (Å²) < 4.78 is 11.2. The van der Waals surface area contributed by atoms with Crippen molar-refractivity contribution >= 4 is 5.91 Å². The van der Waals surface area contributed by atoms with Gasteiger partial charge < -0.3 is 14.5 Å². The van der Waals surface area contributed by atoms with Gasteiger partial charge in [0.05, 0.1) is 7.11 Å². The number of hydrogen-bond donors (Lipinski definition) is 1. The summed E-state index contributed by atoms with van der Waals surface area (Å²) in [6.45, 7) is 2.85. The number of amides is 1. The fraction of sp³-hybridized carbons (Fsp3) is 0.450. The molecule has 0 bridgehead atoms. The van der Waals surface area contributed by atoms with E-state index in [1.54, 1.807) is 7.11 Å². The van der Waals surface area contributed by atoms with E-state index in [0.717, 1.165) is 35.2 Å². The molecule has 128 valence electrons. The Balaban J connectivity index is 1.39. The van der Waals surface area contributed by atoms with Crippen LogP contribution in [0.25, 0.3) is 0 Å². The highest BCUT2D eigenvalue weighted by Crippen LogP contribution is 2.47. The van der Waals surface area contributed by atoms with Crippen LogP contribution in [0.1, 0.15) is 42.8 Å². The second kappa shape index (κ2) is 7.56. The molecule has 2 atom stereocenters. The van der Waals surface area contributed by atoms with E-state index in [2.05, 4.69) is 18.3 Å². The van der Waals surface area contributed by atoms with Gasteiger partial charge in [0.2, 0.25) is 5.91 Å². The highest BCUT2D eigenvalue weighted by Gasteiger charge is 2.36. The zero-order chi connectivity index (χ0) is 16.9. The molecule has 1 heterocycles. The Kier molecular flexibility index (Phi) is 5.24. The molecular formula is C20H25NO3. The van der Waals surface area contributed by atoms with Crippen molar-refractivity contribution in [2.24, 2.45) is 5.92 Å². The van der Waals surface area contributed by atoms with Crippen LogP contribution in [0.5, 0.6) is 5.75 Å². The van der Waals surface area contributed by atoms with E-state index in [1.807, 2.05) is 30.3 Å². The molecule has 1 N–H and O–H groups in total. The first kappa shape index (κ1) is 16.6. The molecule has 0 saturated heterocycles. The lowest BCUT2D eigenvalue weighted by atomic mass is 10.1. The van der Waals surface area contributed by atoms with Crippen molar-refractivity contribution in [3.05, 3.63) is 53.5 Å². The number of carbonyl (C=O) groups is 1. The van der Waals surface area contributed by atoms with Gasteiger partial charge in [0, 0.05) is 25.3 Å². The topological polar surface area (TPSA) is 51.5 Å². The van der Waals surface area contributed by atoms with Crippen molar-refractivity contribution in [3.63, 3.8) is 0 Å². The number of carbonyl (C=O) groups excluding carboxylic acids is 1. The lowest BCUT2D eigenvalue weighted by molar-refractivity contribution is -0.121. The normalized spacial score (nSPS) is 19.1. The Labute approximate surface area is 143 Å². The minimum atomic E-state index is 0.0580. The molecule has 1 aromatic carbocycles. The molecule has 24 heavy (non-hydrogen) atoms. The molecular weight excluding hydrogens is 302 g/mol. The Morgan fingerprint density at radius 2 is 2.04 bits per heavy atom. The van der Waals surface area contributed by atoms with Crippen LogP contribution in [0.15, 0.2) is 40.8 Å². The summed E-state index contributed by atoms with van der Waals surface area (Å²) in [6, 6.07) is 11.9. The second-order valence-electron chi connectivity index (χ2n) is 6.54. The predicted molar refractivity (Wildman–Crippen MR) is 93.3 cm³/mol. The molecule has 3 rings (SSSR count). The third-order valence-corrected chi connectivity index (χ3v) is 4.66. The monoisotopic (exact) mass is 327 g/mol. The van der Waals surface area contributed by atoms with Crippen LogP contribution < -0.4 is 10.1 Å². The van der Waals surface area contributed by atoms with Crippen molar-refractivity contribution in [1.82, 2.24) is 5.32 Å². The lowest BCUT2D eigenvalue weighted by Crippen LogP contribution is -2.25. The van der Waals surface area contributed by atoms with Crippen LogP contribution in [0.2, 0.25) is 0 Å². The maximum atomic E-state index is 12.0.